The van der Waals surface area contributed by atoms with Crippen LogP contribution in [0.25, 0.3) is 10.9 Å². The number of aryl methyl sites for hydroxylation is 1. The minimum Gasteiger partial charge on any atom is -0.511 e. The number of carbonyl (C=O) groups is 1. The summed E-state index contributed by atoms with van der Waals surface area (Å²) in [6.07, 6.45) is -1.36. The molecule has 1 fully saturated rings. The number of aromatic amines is 1. The van der Waals surface area contributed by atoms with Crippen LogP contribution < -0.4 is 4.74 Å². The van der Waals surface area contributed by atoms with Crippen LogP contribution in [0.5, 0.6) is 5.75 Å². The number of carbonyl (C=O) groups excluding carboxylic acids is 1. The zero-order valence-corrected chi connectivity index (χ0v) is 21.0. The van der Waals surface area contributed by atoms with E-state index in [1.807, 2.05) is 44.2 Å². The van der Waals surface area contributed by atoms with Crippen molar-refractivity contribution in [2.45, 2.75) is 64.7 Å². The number of Topliss-reactive ketones (excluding diaryl/α,β-unsaturated/α-hetero) is 1. The van der Waals surface area contributed by atoms with Crippen LogP contribution in [-0.4, -0.2) is 34.5 Å². The van der Waals surface area contributed by atoms with E-state index in [0.29, 0.717) is 54.4 Å². The van der Waals surface area contributed by atoms with Crippen molar-refractivity contribution in [2.75, 3.05) is 6.54 Å². The van der Waals surface area contributed by atoms with E-state index in [1.165, 1.54) is 12.1 Å². The SMILES string of the molecule is CCCC/C(O)=C1\C(=O)CC(c2ccccc2)CC1=NCCc1c(C)[nH]c2ccc(OC(F)(F)F)cc12. The van der Waals surface area contributed by atoms with Crippen LogP contribution in [0.15, 0.2) is 64.9 Å². The summed E-state index contributed by atoms with van der Waals surface area (Å²) in [6, 6.07) is 14.0. The van der Waals surface area contributed by atoms with Crippen molar-refractivity contribution in [1.29, 1.82) is 0 Å². The maximum Gasteiger partial charge on any atom is 0.573 e. The number of H-pyrrole nitrogens is 1. The summed E-state index contributed by atoms with van der Waals surface area (Å²) < 4.78 is 42.3. The normalized spacial score (nSPS) is 19.0. The number of unbranched alkanes of at least 4 members (excludes halogenated alkanes) is 1. The first kappa shape index (κ1) is 26.5. The molecule has 3 aromatic rings. The van der Waals surface area contributed by atoms with Crippen LogP contribution in [-0.2, 0) is 11.2 Å². The summed E-state index contributed by atoms with van der Waals surface area (Å²) in [5.74, 6) is -0.313. The second-order valence-corrected chi connectivity index (χ2v) is 9.43. The average molecular weight is 513 g/mol. The molecule has 2 N–H and O–H groups in total. The topological polar surface area (TPSA) is 74.7 Å². The van der Waals surface area contributed by atoms with Gasteiger partial charge in [0.25, 0.3) is 0 Å². The van der Waals surface area contributed by atoms with E-state index in [-0.39, 0.29) is 23.2 Å². The average Bonchev–Trinajstić information content (AvgIpc) is 3.16. The molecule has 2 aromatic carbocycles. The van der Waals surface area contributed by atoms with Gasteiger partial charge in [-0.25, -0.2) is 0 Å². The molecule has 0 amide bonds. The third-order valence-electron chi connectivity index (χ3n) is 6.75. The number of hydrogen-bond acceptors (Lipinski definition) is 4. The number of halogens is 3. The largest absolute Gasteiger partial charge is 0.573 e. The van der Waals surface area contributed by atoms with Crippen molar-refractivity contribution in [3.05, 3.63) is 76.7 Å². The fourth-order valence-corrected chi connectivity index (χ4v) is 4.98. The predicted molar refractivity (Wildman–Crippen MR) is 138 cm³/mol. The second-order valence-electron chi connectivity index (χ2n) is 9.43. The number of rotatable bonds is 8. The van der Waals surface area contributed by atoms with Crippen molar-refractivity contribution >= 4 is 22.4 Å². The van der Waals surface area contributed by atoms with Gasteiger partial charge in [0.2, 0.25) is 0 Å². The van der Waals surface area contributed by atoms with Gasteiger partial charge in [-0.3, -0.25) is 9.79 Å². The van der Waals surface area contributed by atoms with Gasteiger partial charge in [0.05, 0.1) is 5.57 Å². The maximum atomic E-state index is 13.2. The van der Waals surface area contributed by atoms with E-state index in [0.717, 1.165) is 29.7 Å². The Balaban J connectivity index is 1.62. The molecule has 196 valence electrons. The van der Waals surface area contributed by atoms with Gasteiger partial charge in [-0.2, -0.15) is 0 Å². The zero-order valence-electron chi connectivity index (χ0n) is 21.0. The lowest BCUT2D eigenvalue weighted by Crippen LogP contribution is -2.27. The molecule has 4 rings (SSSR count). The zero-order chi connectivity index (χ0) is 26.6. The predicted octanol–water partition coefficient (Wildman–Crippen LogP) is 7.51. The van der Waals surface area contributed by atoms with Crippen LogP contribution >= 0.6 is 0 Å². The smallest absolute Gasteiger partial charge is 0.511 e. The van der Waals surface area contributed by atoms with Crippen molar-refractivity contribution in [1.82, 2.24) is 4.98 Å². The molecule has 1 aliphatic rings. The standard InChI is InChI=1S/C29H31F3N2O3/c1-3-4-10-26(35)28-25(15-20(16-27(28)36)19-8-6-5-7-9-19)33-14-13-22-18(2)34-24-12-11-21(17-23(22)24)37-29(30,31)32/h5-9,11-12,17,20,34-35H,3-4,10,13-16H2,1-2H3/b28-26+,33-25?. The quantitative estimate of drug-likeness (QED) is 0.242. The van der Waals surface area contributed by atoms with E-state index < -0.39 is 6.36 Å². The number of alkyl halides is 3. The molecule has 1 unspecified atom stereocenters. The number of aliphatic imine (C=N–C) groups is 1. The van der Waals surface area contributed by atoms with E-state index in [1.54, 1.807) is 6.07 Å². The summed E-state index contributed by atoms with van der Waals surface area (Å²) in [6.45, 7) is 4.22. The minimum atomic E-state index is -4.77. The first-order chi connectivity index (χ1) is 17.7. The lowest BCUT2D eigenvalue weighted by molar-refractivity contribution is -0.274. The van der Waals surface area contributed by atoms with Crippen molar-refractivity contribution in [3.63, 3.8) is 0 Å². The number of aromatic nitrogens is 1. The van der Waals surface area contributed by atoms with Crippen LogP contribution in [0.1, 0.15) is 61.8 Å². The third kappa shape index (κ3) is 6.42. The molecule has 0 bridgehead atoms. The van der Waals surface area contributed by atoms with Gasteiger partial charge in [-0.1, -0.05) is 43.7 Å². The molecular weight excluding hydrogens is 481 g/mol. The van der Waals surface area contributed by atoms with Gasteiger partial charge < -0.3 is 14.8 Å². The summed E-state index contributed by atoms with van der Waals surface area (Å²) in [5, 5.41) is 11.4. The van der Waals surface area contributed by atoms with Crippen LogP contribution in [0.3, 0.4) is 0 Å². The molecule has 1 atom stereocenters. The van der Waals surface area contributed by atoms with Gasteiger partial charge >= 0.3 is 6.36 Å². The van der Waals surface area contributed by atoms with Crippen molar-refractivity contribution in [3.8, 4) is 5.75 Å². The lowest BCUT2D eigenvalue weighted by atomic mass is 9.78. The number of ether oxygens (including phenoxy) is 1. The molecule has 0 saturated heterocycles. The summed E-state index contributed by atoms with van der Waals surface area (Å²) >= 11 is 0. The Kier molecular flexibility index (Phi) is 8.05. The van der Waals surface area contributed by atoms with Crippen molar-refractivity contribution in [2.24, 2.45) is 4.99 Å². The molecule has 37 heavy (non-hydrogen) atoms. The molecule has 1 saturated carbocycles. The number of hydrogen-bond donors (Lipinski definition) is 2. The molecule has 5 nitrogen and oxygen atoms in total. The molecular formula is C29H31F3N2O3. The van der Waals surface area contributed by atoms with Gasteiger partial charge in [-0.05, 0) is 61.4 Å². The van der Waals surface area contributed by atoms with E-state index in [4.69, 9.17) is 4.99 Å². The molecule has 0 radical (unpaired) electrons. The fraction of sp³-hybridized carbons (Fsp3) is 0.379. The Bertz CT molecular complexity index is 1320. The Morgan fingerprint density at radius 3 is 2.62 bits per heavy atom. The Morgan fingerprint density at radius 1 is 1.16 bits per heavy atom. The highest BCUT2D eigenvalue weighted by molar-refractivity contribution is 6.24. The highest BCUT2D eigenvalue weighted by Gasteiger charge is 2.33. The maximum absolute atomic E-state index is 13.2. The van der Waals surface area contributed by atoms with E-state index in [9.17, 15) is 23.1 Å². The van der Waals surface area contributed by atoms with Gasteiger partial charge in [0.1, 0.15) is 11.5 Å². The summed E-state index contributed by atoms with van der Waals surface area (Å²) in [5.41, 5.74) is 4.37. The number of allylic oxidation sites excluding steroid dienone is 2. The highest BCUT2D eigenvalue weighted by atomic mass is 19.4. The first-order valence-electron chi connectivity index (χ1n) is 12.6. The number of aliphatic hydroxyl groups excluding tert-OH is 1. The Labute approximate surface area is 214 Å². The third-order valence-corrected chi connectivity index (χ3v) is 6.75. The monoisotopic (exact) mass is 512 g/mol. The number of aliphatic hydroxyl groups is 1. The summed E-state index contributed by atoms with van der Waals surface area (Å²) in [7, 11) is 0. The number of ketones is 1. The van der Waals surface area contributed by atoms with Crippen LogP contribution in [0.2, 0.25) is 0 Å². The Hall–Kier alpha value is -3.55. The number of fused-ring (bicyclic) bond motifs is 1. The molecule has 1 aliphatic carbocycles. The fourth-order valence-electron chi connectivity index (χ4n) is 4.98. The summed E-state index contributed by atoms with van der Waals surface area (Å²) in [4.78, 5) is 21.1. The number of benzene rings is 2. The molecule has 0 aliphatic heterocycles. The van der Waals surface area contributed by atoms with Crippen LogP contribution in [0, 0.1) is 6.92 Å². The molecule has 1 aromatic heterocycles. The van der Waals surface area contributed by atoms with Gasteiger partial charge in [-0.15, -0.1) is 13.2 Å². The van der Waals surface area contributed by atoms with Crippen LogP contribution in [0.4, 0.5) is 13.2 Å². The first-order valence-corrected chi connectivity index (χ1v) is 12.6. The second kappa shape index (κ2) is 11.2. The van der Waals surface area contributed by atoms with Crippen molar-refractivity contribution < 1.29 is 27.8 Å². The number of nitrogens with zero attached hydrogens (tertiary/aromatic N) is 1. The highest BCUT2D eigenvalue weighted by Crippen LogP contribution is 2.34. The lowest BCUT2D eigenvalue weighted by Gasteiger charge is -2.26. The molecule has 0 spiro atoms. The van der Waals surface area contributed by atoms with Gasteiger partial charge in [0, 0.05) is 41.7 Å². The van der Waals surface area contributed by atoms with Gasteiger partial charge in [0.15, 0.2) is 5.78 Å². The molecule has 1 heterocycles. The molecule has 8 heteroatoms. The minimum absolute atomic E-state index is 0.0212. The Morgan fingerprint density at radius 2 is 1.92 bits per heavy atom. The van der Waals surface area contributed by atoms with E-state index >= 15 is 0 Å². The number of nitrogens with one attached hydrogen (secondary N) is 1. The van der Waals surface area contributed by atoms with E-state index in [2.05, 4.69) is 9.72 Å².